The van der Waals surface area contributed by atoms with Crippen LogP contribution in [0, 0.1) is 15.9 Å². The van der Waals surface area contributed by atoms with Crippen molar-refractivity contribution in [1.29, 1.82) is 0 Å². The molecular weight excluding hydrogens is 333 g/mol. The number of amides is 1. The van der Waals surface area contributed by atoms with Gasteiger partial charge in [0, 0.05) is 18.0 Å². The Morgan fingerprint density at radius 1 is 1.40 bits per heavy atom. The molecule has 102 valence electrons. The molecule has 0 saturated carbocycles. The lowest BCUT2D eigenvalue weighted by Gasteiger charge is -2.06. The molecule has 1 heterocycles. The molecule has 0 bridgehead atoms. The molecule has 6 nitrogen and oxygen atoms in total. The zero-order chi connectivity index (χ0) is 14.7. The zero-order valence-electron chi connectivity index (χ0n) is 9.84. The molecule has 0 fully saturated rings. The SMILES string of the molecule is O=C(Nc1ccc(Br)c([N+](=O)[O-])c1)c1ccncc1F. The van der Waals surface area contributed by atoms with E-state index in [1.165, 1.54) is 30.5 Å². The molecule has 8 heteroatoms. The van der Waals surface area contributed by atoms with E-state index in [1.807, 2.05) is 0 Å². The first-order valence-electron chi connectivity index (χ1n) is 5.34. The minimum Gasteiger partial charge on any atom is -0.322 e. The topological polar surface area (TPSA) is 85.1 Å². The third-order valence-corrected chi connectivity index (χ3v) is 3.09. The van der Waals surface area contributed by atoms with E-state index in [0.29, 0.717) is 0 Å². The summed E-state index contributed by atoms with van der Waals surface area (Å²) in [6.45, 7) is 0. The van der Waals surface area contributed by atoms with Gasteiger partial charge >= 0.3 is 0 Å². The number of anilines is 1. The van der Waals surface area contributed by atoms with Crippen LogP contribution in [0.15, 0.2) is 41.1 Å². The minimum atomic E-state index is -0.767. The predicted molar refractivity (Wildman–Crippen MR) is 72.9 cm³/mol. The highest BCUT2D eigenvalue weighted by molar-refractivity contribution is 9.10. The molecule has 1 aromatic heterocycles. The zero-order valence-corrected chi connectivity index (χ0v) is 11.4. The molecule has 0 aliphatic carbocycles. The number of pyridine rings is 1. The van der Waals surface area contributed by atoms with Crippen LogP contribution in [0.5, 0.6) is 0 Å². The third-order valence-electron chi connectivity index (χ3n) is 2.42. The molecule has 0 radical (unpaired) electrons. The van der Waals surface area contributed by atoms with Gasteiger partial charge in [-0.3, -0.25) is 19.9 Å². The van der Waals surface area contributed by atoms with Crippen molar-refractivity contribution in [2.45, 2.75) is 0 Å². The number of hydrogen-bond donors (Lipinski definition) is 1. The number of nitro groups is 1. The van der Waals surface area contributed by atoms with Gasteiger partial charge in [0.2, 0.25) is 0 Å². The van der Waals surface area contributed by atoms with Crippen molar-refractivity contribution in [3.8, 4) is 0 Å². The van der Waals surface area contributed by atoms with E-state index in [0.717, 1.165) is 6.20 Å². The summed E-state index contributed by atoms with van der Waals surface area (Å²) in [6.07, 6.45) is 2.20. The van der Waals surface area contributed by atoms with Crippen LogP contribution in [0.25, 0.3) is 0 Å². The van der Waals surface area contributed by atoms with Crippen molar-refractivity contribution in [3.63, 3.8) is 0 Å². The lowest BCUT2D eigenvalue weighted by Crippen LogP contribution is -2.14. The summed E-state index contributed by atoms with van der Waals surface area (Å²) in [5, 5.41) is 13.2. The molecule has 0 saturated heterocycles. The van der Waals surface area contributed by atoms with Crippen molar-refractivity contribution < 1.29 is 14.1 Å². The summed E-state index contributed by atoms with van der Waals surface area (Å²) < 4.78 is 13.7. The molecule has 0 aliphatic rings. The molecule has 20 heavy (non-hydrogen) atoms. The van der Waals surface area contributed by atoms with E-state index in [4.69, 9.17) is 0 Å². The van der Waals surface area contributed by atoms with Gasteiger partial charge in [-0.05, 0) is 34.1 Å². The number of benzene rings is 1. The van der Waals surface area contributed by atoms with Crippen LogP contribution in [0.4, 0.5) is 15.8 Å². The van der Waals surface area contributed by atoms with Gasteiger partial charge in [0.05, 0.1) is 21.2 Å². The number of hydrogen-bond acceptors (Lipinski definition) is 4. The van der Waals surface area contributed by atoms with Crippen LogP contribution in [0.2, 0.25) is 0 Å². The maximum absolute atomic E-state index is 13.4. The first-order valence-corrected chi connectivity index (χ1v) is 6.13. The Morgan fingerprint density at radius 3 is 2.80 bits per heavy atom. The fourth-order valence-electron chi connectivity index (χ4n) is 1.49. The molecule has 2 rings (SSSR count). The van der Waals surface area contributed by atoms with Crippen molar-refractivity contribution in [3.05, 3.63) is 62.6 Å². The van der Waals surface area contributed by atoms with Crippen molar-refractivity contribution in [2.24, 2.45) is 0 Å². The van der Waals surface area contributed by atoms with E-state index in [-0.39, 0.29) is 21.4 Å². The van der Waals surface area contributed by atoms with Crippen molar-refractivity contribution in [2.75, 3.05) is 5.32 Å². The summed E-state index contributed by atoms with van der Waals surface area (Å²) in [6, 6.07) is 5.30. The Bertz CT molecular complexity index is 693. The van der Waals surface area contributed by atoms with Crippen LogP contribution in [-0.4, -0.2) is 15.8 Å². The quantitative estimate of drug-likeness (QED) is 0.687. The van der Waals surface area contributed by atoms with Crippen LogP contribution < -0.4 is 5.32 Å². The first-order chi connectivity index (χ1) is 9.49. The maximum atomic E-state index is 13.4. The first kappa shape index (κ1) is 14.1. The van der Waals surface area contributed by atoms with Gasteiger partial charge in [0.1, 0.15) is 0 Å². The number of aromatic nitrogens is 1. The summed E-state index contributed by atoms with van der Waals surface area (Å²) in [5.74, 6) is -1.47. The van der Waals surface area contributed by atoms with Crippen molar-refractivity contribution in [1.82, 2.24) is 4.98 Å². The summed E-state index contributed by atoms with van der Waals surface area (Å²) >= 11 is 3.03. The van der Waals surface area contributed by atoms with Crippen LogP contribution in [-0.2, 0) is 0 Å². The average molecular weight is 340 g/mol. The second-order valence-corrected chi connectivity index (χ2v) is 4.59. The van der Waals surface area contributed by atoms with Gasteiger partial charge in [-0.15, -0.1) is 0 Å². The Balaban J connectivity index is 2.27. The number of nitrogens with zero attached hydrogens (tertiary/aromatic N) is 2. The summed E-state index contributed by atoms with van der Waals surface area (Å²) in [4.78, 5) is 25.6. The smallest absolute Gasteiger partial charge is 0.285 e. The van der Waals surface area contributed by atoms with Crippen LogP contribution >= 0.6 is 15.9 Å². The molecule has 0 aliphatic heterocycles. The number of nitrogens with one attached hydrogen (secondary N) is 1. The normalized spacial score (nSPS) is 10.1. The fraction of sp³-hybridized carbons (Fsp3) is 0. The number of nitro benzene ring substituents is 1. The Morgan fingerprint density at radius 2 is 2.15 bits per heavy atom. The number of rotatable bonds is 3. The average Bonchev–Trinajstić information content (AvgIpc) is 2.41. The van der Waals surface area contributed by atoms with Gasteiger partial charge in [-0.25, -0.2) is 4.39 Å². The number of halogens is 2. The second kappa shape index (κ2) is 5.74. The third kappa shape index (κ3) is 2.97. The van der Waals surface area contributed by atoms with E-state index < -0.39 is 16.6 Å². The van der Waals surface area contributed by atoms with E-state index in [2.05, 4.69) is 26.2 Å². The summed E-state index contributed by atoms with van der Waals surface area (Å²) in [7, 11) is 0. The van der Waals surface area contributed by atoms with Gasteiger partial charge < -0.3 is 5.32 Å². The fourth-order valence-corrected chi connectivity index (χ4v) is 1.88. The molecule has 2 aromatic rings. The Hall–Kier alpha value is -2.35. The maximum Gasteiger partial charge on any atom is 0.285 e. The van der Waals surface area contributed by atoms with Crippen LogP contribution in [0.3, 0.4) is 0 Å². The van der Waals surface area contributed by atoms with Gasteiger partial charge in [-0.1, -0.05) is 0 Å². The molecule has 1 aromatic carbocycles. The second-order valence-electron chi connectivity index (χ2n) is 3.73. The van der Waals surface area contributed by atoms with E-state index in [9.17, 15) is 19.3 Å². The van der Waals surface area contributed by atoms with E-state index in [1.54, 1.807) is 0 Å². The highest BCUT2D eigenvalue weighted by atomic mass is 79.9. The van der Waals surface area contributed by atoms with Gasteiger partial charge in [0.25, 0.3) is 11.6 Å². The monoisotopic (exact) mass is 339 g/mol. The Kier molecular flexibility index (Phi) is 4.04. The molecule has 1 N–H and O–H groups in total. The largest absolute Gasteiger partial charge is 0.322 e. The highest BCUT2D eigenvalue weighted by Crippen LogP contribution is 2.28. The standard InChI is InChI=1S/C12H7BrFN3O3/c13-9-2-1-7(5-11(9)17(19)20)16-12(18)8-3-4-15-6-10(8)14/h1-6H,(H,16,18). The molecule has 0 unspecified atom stereocenters. The summed E-state index contributed by atoms with van der Waals surface area (Å²) in [5.41, 5.74) is -0.190. The predicted octanol–water partition coefficient (Wildman–Crippen LogP) is 3.14. The number of carbonyl (C=O) groups is 1. The minimum absolute atomic E-state index is 0.189. The molecule has 0 spiro atoms. The van der Waals surface area contributed by atoms with Crippen LogP contribution in [0.1, 0.15) is 10.4 Å². The highest BCUT2D eigenvalue weighted by Gasteiger charge is 2.15. The number of carbonyl (C=O) groups excluding carboxylic acids is 1. The lowest BCUT2D eigenvalue weighted by molar-refractivity contribution is -0.385. The van der Waals surface area contributed by atoms with Gasteiger partial charge in [-0.2, -0.15) is 0 Å². The molecule has 1 amide bonds. The van der Waals surface area contributed by atoms with E-state index >= 15 is 0 Å². The van der Waals surface area contributed by atoms with Crippen molar-refractivity contribution >= 4 is 33.2 Å². The lowest BCUT2D eigenvalue weighted by atomic mass is 10.2. The molecule has 0 atom stereocenters. The van der Waals surface area contributed by atoms with Gasteiger partial charge in [0.15, 0.2) is 5.82 Å². The molecular formula is C12H7BrFN3O3. The Labute approximate surface area is 120 Å².